The predicted molar refractivity (Wildman–Crippen MR) is 86.1 cm³/mol. The lowest BCUT2D eigenvalue weighted by atomic mass is 10.0. The second-order valence-corrected chi connectivity index (χ2v) is 5.62. The lowest BCUT2D eigenvalue weighted by Gasteiger charge is -2.09. The Hall–Kier alpha value is -2.00. The molecule has 0 aliphatic rings. The number of nitrogen functional groups attached to an aromatic ring is 1. The van der Waals surface area contributed by atoms with E-state index < -0.39 is 0 Å². The lowest BCUT2D eigenvalue weighted by Crippen LogP contribution is -2.11. The summed E-state index contributed by atoms with van der Waals surface area (Å²) in [5, 5.41) is 4.91. The van der Waals surface area contributed by atoms with Crippen molar-refractivity contribution in [2.75, 3.05) is 5.73 Å². The molecule has 3 aromatic rings. The summed E-state index contributed by atoms with van der Waals surface area (Å²) in [6.45, 7) is 0. The van der Waals surface area contributed by atoms with Crippen molar-refractivity contribution < 1.29 is 4.39 Å². The quantitative estimate of drug-likeness (QED) is 0.594. The number of benzene rings is 1. The van der Waals surface area contributed by atoms with E-state index >= 15 is 0 Å². The summed E-state index contributed by atoms with van der Waals surface area (Å²) in [5.74, 6) is -0.219. The molecule has 0 spiro atoms. The monoisotopic (exact) mass is 302 g/mol. The standard InChI is InChI=1S/C15H16FN4P/c1-20-14-6-9(7-18-13(14)8-19-20)2-3-10-11(16)4-5-12(17)15(10)21/h4-8H,2-3,17,21H2,1H3. The number of nitrogens with two attached hydrogens (primary N) is 1. The fraction of sp³-hybridized carbons (Fsp3) is 0.200. The van der Waals surface area contributed by atoms with Gasteiger partial charge in [-0.1, -0.05) is 0 Å². The van der Waals surface area contributed by atoms with E-state index in [4.69, 9.17) is 5.73 Å². The van der Waals surface area contributed by atoms with E-state index in [2.05, 4.69) is 19.3 Å². The average molecular weight is 302 g/mol. The molecule has 1 aromatic carbocycles. The molecule has 2 aromatic heterocycles. The summed E-state index contributed by atoms with van der Waals surface area (Å²) >= 11 is 0. The summed E-state index contributed by atoms with van der Waals surface area (Å²) in [4.78, 5) is 4.37. The van der Waals surface area contributed by atoms with Gasteiger partial charge in [0.15, 0.2) is 0 Å². The molecule has 0 saturated carbocycles. The van der Waals surface area contributed by atoms with Crippen LogP contribution in [0.2, 0.25) is 0 Å². The van der Waals surface area contributed by atoms with Gasteiger partial charge >= 0.3 is 0 Å². The number of hydrogen-bond acceptors (Lipinski definition) is 3. The number of nitrogens with zero attached hydrogens (tertiary/aromatic N) is 3. The number of pyridine rings is 1. The summed E-state index contributed by atoms with van der Waals surface area (Å²) in [6, 6.07) is 5.05. The normalized spacial score (nSPS) is 11.2. The predicted octanol–water partition coefficient (Wildman–Crippen LogP) is 1.98. The molecular weight excluding hydrogens is 286 g/mol. The van der Waals surface area contributed by atoms with E-state index in [0.29, 0.717) is 24.1 Å². The fourth-order valence-electron chi connectivity index (χ4n) is 2.38. The van der Waals surface area contributed by atoms with Gasteiger partial charge in [-0.3, -0.25) is 9.67 Å². The topological polar surface area (TPSA) is 56.7 Å². The third-order valence-corrected chi connectivity index (χ3v) is 4.33. The lowest BCUT2D eigenvalue weighted by molar-refractivity contribution is 0.611. The molecule has 108 valence electrons. The van der Waals surface area contributed by atoms with Crippen LogP contribution in [0.25, 0.3) is 11.0 Å². The summed E-state index contributed by atoms with van der Waals surface area (Å²) < 4.78 is 15.7. The Balaban J connectivity index is 1.86. The first kappa shape index (κ1) is 14.0. The first-order chi connectivity index (χ1) is 10.1. The highest BCUT2D eigenvalue weighted by Gasteiger charge is 2.10. The molecule has 0 amide bonds. The van der Waals surface area contributed by atoms with Crippen LogP contribution < -0.4 is 11.0 Å². The van der Waals surface area contributed by atoms with Gasteiger partial charge in [0.05, 0.1) is 11.7 Å². The Morgan fingerprint density at radius 3 is 2.90 bits per heavy atom. The zero-order valence-corrected chi connectivity index (χ0v) is 12.8. The molecule has 0 saturated heterocycles. The van der Waals surface area contributed by atoms with Crippen LogP contribution in [0.15, 0.2) is 30.6 Å². The van der Waals surface area contributed by atoms with Crippen LogP contribution in [0, 0.1) is 5.82 Å². The molecular formula is C15H16FN4P. The van der Waals surface area contributed by atoms with Gasteiger partial charge in [-0.15, -0.1) is 9.24 Å². The van der Waals surface area contributed by atoms with Gasteiger partial charge in [0.2, 0.25) is 0 Å². The number of halogens is 1. The van der Waals surface area contributed by atoms with Gasteiger partial charge in [-0.05, 0) is 47.5 Å². The smallest absolute Gasteiger partial charge is 0.127 e. The number of anilines is 1. The minimum Gasteiger partial charge on any atom is -0.398 e. The molecule has 21 heavy (non-hydrogen) atoms. The largest absolute Gasteiger partial charge is 0.398 e. The van der Waals surface area contributed by atoms with E-state index in [1.807, 2.05) is 19.3 Å². The van der Waals surface area contributed by atoms with Crippen molar-refractivity contribution in [3.05, 3.63) is 47.5 Å². The van der Waals surface area contributed by atoms with Gasteiger partial charge in [0.25, 0.3) is 0 Å². The Labute approximate surface area is 124 Å². The van der Waals surface area contributed by atoms with Crippen LogP contribution in [-0.4, -0.2) is 14.8 Å². The molecule has 2 heterocycles. The number of rotatable bonds is 3. The average Bonchev–Trinajstić information content (AvgIpc) is 2.84. The molecule has 6 heteroatoms. The number of fused-ring (bicyclic) bond motifs is 1. The Morgan fingerprint density at radius 2 is 2.10 bits per heavy atom. The molecule has 0 radical (unpaired) electrons. The molecule has 1 atom stereocenters. The van der Waals surface area contributed by atoms with Crippen LogP contribution in [0.3, 0.4) is 0 Å². The maximum atomic E-state index is 13.9. The van der Waals surface area contributed by atoms with Crippen LogP contribution >= 0.6 is 9.24 Å². The first-order valence-electron chi connectivity index (χ1n) is 6.65. The summed E-state index contributed by atoms with van der Waals surface area (Å²) in [6.07, 6.45) is 4.84. The molecule has 0 fully saturated rings. The van der Waals surface area contributed by atoms with Crippen molar-refractivity contribution in [2.45, 2.75) is 12.8 Å². The highest BCUT2D eigenvalue weighted by Crippen LogP contribution is 2.17. The van der Waals surface area contributed by atoms with Crippen LogP contribution in [0.5, 0.6) is 0 Å². The Kier molecular flexibility index (Phi) is 3.60. The molecule has 1 unspecified atom stereocenters. The second-order valence-electron chi connectivity index (χ2n) is 5.04. The summed E-state index contributed by atoms with van der Waals surface area (Å²) in [7, 11) is 4.40. The third kappa shape index (κ3) is 2.61. The van der Waals surface area contributed by atoms with Crippen LogP contribution in [-0.2, 0) is 19.9 Å². The second kappa shape index (κ2) is 5.41. The molecule has 4 nitrogen and oxygen atoms in total. The van der Waals surface area contributed by atoms with Gasteiger partial charge in [0.1, 0.15) is 11.3 Å². The molecule has 0 aliphatic heterocycles. The van der Waals surface area contributed by atoms with Gasteiger partial charge in [-0.2, -0.15) is 5.10 Å². The van der Waals surface area contributed by atoms with Gasteiger partial charge in [-0.25, -0.2) is 4.39 Å². The zero-order valence-electron chi connectivity index (χ0n) is 11.7. The maximum absolute atomic E-state index is 13.9. The molecule has 0 aliphatic carbocycles. The summed E-state index contributed by atoms with van der Waals surface area (Å²) in [5.41, 5.74) is 9.96. The van der Waals surface area contributed by atoms with Crippen molar-refractivity contribution >= 4 is 31.3 Å². The maximum Gasteiger partial charge on any atom is 0.127 e. The number of aryl methyl sites for hydroxylation is 2. The highest BCUT2D eigenvalue weighted by molar-refractivity contribution is 7.28. The SMILES string of the molecule is Cn1ncc2ncc(CCc3c(F)ccc(N)c3P)cc21. The van der Waals surface area contributed by atoms with Crippen molar-refractivity contribution in [2.24, 2.45) is 7.05 Å². The Bertz CT molecular complexity index is 813. The van der Waals surface area contributed by atoms with Gasteiger partial charge < -0.3 is 5.73 Å². The first-order valence-corrected chi connectivity index (χ1v) is 7.23. The van der Waals surface area contributed by atoms with Gasteiger partial charge in [0, 0.05) is 18.9 Å². The zero-order chi connectivity index (χ0) is 15.0. The van der Waals surface area contributed by atoms with Crippen LogP contribution in [0.4, 0.5) is 10.1 Å². The van der Waals surface area contributed by atoms with E-state index in [1.165, 1.54) is 6.07 Å². The minimum absolute atomic E-state index is 0.219. The minimum atomic E-state index is -0.219. The molecule has 2 N–H and O–H groups in total. The van der Waals surface area contributed by atoms with Crippen molar-refractivity contribution in [1.82, 2.24) is 14.8 Å². The van der Waals surface area contributed by atoms with Crippen LogP contribution in [0.1, 0.15) is 11.1 Å². The van der Waals surface area contributed by atoms with E-state index in [-0.39, 0.29) is 5.82 Å². The highest BCUT2D eigenvalue weighted by atomic mass is 31.0. The van der Waals surface area contributed by atoms with E-state index in [1.54, 1.807) is 16.9 Å². The number of aromatic nitrogens is 3. The van der Waals surface area contributed by atoms with E-state index in [9.17, 15) is 4.39 Å². The molecule has 0 bridgehead atoms. The van der Waals surface area contributed by atoms with Crippen molar-refractivity contribution in [3.63, 3.8) is 0 Å². The van der Waals surface area contributed by atoms with Crippen molar-refractivity contribution in [3.8, 4) is 0 Å². The fourth-order valence-corrected chi connectivity index (χ4v) is 2.76. The van der Waals surface area contributed by atoms with Crippen molar-refractivity contribution in [1.29, 1.82) is 0 Å². The number of hydrogen-bond donors (Lipinski definition) is 1. The molecule has 3 rings (SSSR count). The Morgan fingerprint density at radius 1 is 1.29 bits per heavy atom. The third-order valence-electron chi connectivity index (χ3n) is 3.65. The van der Waals surface area contributed by atoms with E-state index in [0.717, 1.165) is 21.9 Å².